The number of carbonyl (C=O) groups is 1. The summed E-state index contributed by atoms with van der Waals surface area (Å²) in [7, 11) is -3.74. The lowest BCUT2D eigenvalue weighted by Gasteiger charge is -2.09. The van der Waals surface area contributed by atoms with E-state index < -0.39 is 10.0 Å². The van der Waals surface area contributed by atoms with Gasteiger partial charge in [0.25, 0.3) is 0 Å². The van der Waals surface area contributed by atoms with Gasteiger partial charge in [0.15, 0.2) is 0 Å². The zero-order chi connectivity index (χ0) is 16.9. The van der Waals surface area contributed by atoms with Gasteiger partial charge in [-0.25, -0.2) is 18.4 Å². The number of hydrogen-bond donors (Lipinski definition) is 3. The molecule has 2 aromatic rings. The highest BCUT2D eigenvalue weighted by molar-refractivity contribution is 7.89. The van der Waals surface area contributed by atoms with Crippen molar-refractivity contribution in [2.24, 2.45) is 5.14 Å². The smallest absolute Gasteiger partial charge is 0.319 e. The molecular formula is C15H16ClN3O3S. The van der Waals surface area contributed by atoms with E-state index in [0.29, 0.717) is 23.7 Å². The van der Waals surface area contributed by atoms with Gasteiger partial charge in [-0.15, -0.1) is 0 Å². The fourth-order valence-electron chi connectivity index (χ4n) is 1.92. The fraction of sp³-hybridized carbons (Fsp3) is 0.133. The lowest BCUT2D eigenvalue weighted by molar-refractivity contribution is 0.252. The number of urea groups is 1. The van der Waals surface area contributed by atoms with Gasteiger partial charge in [0, 0.05) is 17.3 Å². The van der Waals surface area contributed by atoms with E-state index in [-0.39, 0.29) is 10.9 Å². The van der Waals surface area contributed by atoms with Crippen LogP contribution < -0.4 is 15.8 Å². The predicted octanol–water partition coefficient (Wildman–Crippen LogP) is 2.35. The summed E-state index contributed by atoms with van der Waals surface area (Å²) in [5.41, 5.74) is 1.42. The summed E-state index contributed by atoms with van der Waals surface area (Å²) in [4.78, 5) is 11.8. The minimum absolute atomic E-state index is 0.0119. The Morgan fingerprint density at radius 3 is 2.35 bits per heavy atom. The summed E-state index contributed by atoms with van der Waals surface area (Å²) in [6.07, 6.45) is 0.609. The fourth-order valence-corrected chi connectivity index (χ4v) is 2.66. The van der Waals surface area contributed by atoms with Gasteiger partial charge in [0.2, 0.25) is 10.0 Å². The highest BCUT2D eigenvalue weighted by atomic mass is 35.5. The van der Waals surface area contributed by atoms with Crippen LogP contribution in [0.4, 0.5) is 10.5 Å². The minimum Gasteiger partial charge on any atom is -0.338 e. The van der Waals surface area contributed by atoms with Gasteiger partial charge in [-0.3, -0.25) is 0 Å². The van der Waals surface area contributed by atoms with Crippen LogP contribution in [0.2, 0.25) is 5.02 Å². The van der Waals surface area contributed by atoms with E-state index in [1.54, 1.807) is 6.07 Å². The van der Waals surface area contributed by atoms with E-state index >= 15 is 0 Å². The number of hydrogen-bond acceptors (Lipinski definition) is 3. The average molecular weight is 354 g/mol. The minimum atomic E-state index is -3.74. The first-order valence-electron chi connectivity index (χ1n) is 6.77. The van der Waals surface area contributed by atoms with Gasteiger partial charge in [0.1, 0.15) is 0 Å². The summed E-state index contributed by atoms with van der Waals surface area (Å²) in [5, 5.41) is 11.0. The number of benzene rings is 2. The van der Waals surface area contributed by atoms with Crippen molar-refractivity contribution in [2.75, 3.05) is 11.9 Å². The van der Waals surface area contributed by atoms with Crippen molar-refractivity contribution in [1.82, 2.24) is 5.32 Å². The Morgan fingerprint density at radius 1 is 1.09 bits per heavy atom. The lowest BCUT2D eigenvalue weighted by atomic mass is 10.1. The lowest BCUT2D eigenvalue weighted by Crippen LogP contribution is -2.30. The van der Waals surface area contributed by atoms with E-state index in [1.807, 2.05) is 18.2 Å². The Labute approximate surface area is 139 Å². The molecule has 0 saturated heterocycles. The number of nitrogens with two attached hydrogens (primary N) is 1. The highest BCUT2D eigenvalue weighted by Crippen LogP contribution is 2.15. The number of primary sulfonamides is 1. The quantitative estimate of drug-likeness (QED) is 0.768. The van der Waals surface area contributed by atoms with E-state index in [4.69, 9.17) is 16.7 Å². The van der Waals surface area contributed by atoms with Crippen molar-refractivity contribution in [1.29, 1.82) is 0 Å². The van der Waals surface area contributed by atoms with E-state index in [2.05, 4.69) is 10.6 Å². The van der Waals surface area contributed by atoms with Crippen LogP contribution in [0.15, 0.2) is 53.4 Å². The third-order valence-electron chi connectivity index (χ3n) is 3.08. The number of nitrogens with one attached hydrogen (secondary N) is 2. The number of halogens is 1. The van der Waals surface area contributed by atoms with Crippen LogP contribution in [-0.4, -0.2) is 21.0 Å². The van der Waals surface area contributed by atoms with Crippen molar-refractivity contribution in [3.05, 3.63) is 59.1 Å². The van der Waals surface area contributed by atoms with Gasteiger partial charge in [0.05, 0.1) is 4.90 Å². The number of rotatable bonds is 5. The van der Waals surface area contributed by atoms with Crippen molar-refractivity contribution in [3.8, 4) is 0 Å². The SMILES string of the molecule is NS(=O)(=O)c1ccc(NC(=O)NCCc2ccccc2Cl)cc1. The first-order chi connectivity index (χ1) is 10.9. The van der Waals surface area contributed by atoms with Crippen molar-refractivity contribution < 1.29 is 13.2 Å². The van der Waals surface area contributed by atoms with Gasteiger partial charge in [-0.1, -0.05) is 29.8 Å². The molecule has 0 fully saturated rings. The second-order valence-corrected chi connectivity index (χ2v) is 6.76. The molecule has 0 aromatic heterocycles. The zero-order valence-electron chi connectivity index (χ0n) is 12.1. The van der Waals surface area contributed by atoms with Crippen LogP contribution in [0.5, 0.6) is 0 Å². The largest absolute Gasteiger partial charge is 0.338 e. The van der Waals surface area contributed by atoms with E-state index in [9.17, 15) is 13.2 Å². The number of anilines is 1. The monoisotopic (exact) mass is 353 g/mol. The molecule has 0 saturated carbocycles. The average Bonchev–Trinajstić information content (AvgIpc) is 2.49. The molecule has 122 valence electrons. The topological polar surface area (TPSA) is 101 Å². The Kier molecular flexibility index (Phi) is 5.59. The van der Waals surface area contributed by atoms with Gasteiger partial charge < -0.3 is 10.6 Å². The normalized spacial score (nSPS) is 11.0. The Bertz CT molecular complexity index is 792. The summed E-state index contributed by atoms with van der Waals surface area (Å²) in [6.45, 7) is 0.421. The summed E-state index contributed by atoms with van der Waals surface area (Å²) < 4.78 is 22.3. The summed E-state index contributed by atoms with van der Waals surface area (Å²) in [5.74, 6) is 0. The number of sulfonamides is 1. The maximum Gasteiger partial charge on any atom is 0.319 e. The van der Waals surface area contributed by atoms with Crippen molar-refractivity contribution in [2.45, 2.75) is 11.3 Å². The molecule has 2 rings (SSSR count). The van der Waals surface area contributed by atoms with Gasteiger partial charge in [-0.2, -0.15) is 0 Å². The Balaban J connectivity index is 1.84. The molecule has 0 bridgehead atoms. The molecule has 0 aliphatic rings. The van der Waals surface area contributed by atoms with Gasteiger partial charge >= 0.3 is 6.03 Å². The molecule has 0 radical (unpaired) electrons. The number of amides is 2. The van der Waals surface area contributed by atoms with Crippen molar-refractivity contribution in [3.63, 3.8) is 0 Å². The third kappa shape index (κ3) is 5.24. The molecule has 0 aliphatic heterocycles. The standard InChI is InChI=1S/C15H16ClN3O3S/c16-14-4-2-1-3-11(14)9-10-18-15(20)19-12-5-7-13(8-6-12)23(17,21)22/h1-8H,9-10H2,(H2,17,21,22)(H2,18,19,20). The molecule has 0 spiro atoms. The maximum absolute atomic E-state index is 11.8. The molecule has 0 unspecified atom stereocenters. The molecule has 0 atom stereocenters. The molecule has 6 nitrogen and oxygen atoms in total. The Hall–Kier alpha value is -2.09. The van der Waals surface area contributed by atoms with Crippen LogP contribution in [0, 0.1) is 0 Å². The molecule has 23 heavy (non-hydrogen) atoms. The molecule has 0 heterocycles. The second-order valence-electron chi connectivity index (χ2n) is 4.79. The van der Waals surface area contributed by atoms with Crippen LogP contribution >= 0.6 is 11.6 Å². The summed E-state index contributed by atoms with van der Waals surface area (Å²) >= 11 is 6.03. The van der Waals surface area contributed by atoms with Crippen LogP contribution in [-0.2, 0) is 16.4 Å². The first-order valence-corrected chi connectivity index (χ1v) is 8.70. The molecule has 8 heteroatoms. The zero-order valence-corrected chi connectivity index (χ0v) is 13.7. The van der Waals surface area contributed by atoms with Crippen molar-refractivity contribution >= 4 is 33.3 Å². The van der Waals surface area contributed by atoms with Crippen LogP contribution in [0.1, 0.15) is 5.56 Å². The molecule has 4 N–H and O–H groups in total. The number of carbonyl (C=O) groups excluding carboxylic acids is 1. The summed E-state index contributed by atoms with van der Waals surface area (Å²) in [6, 6.07) is 12.6. The third-order valence-corrected chi connectivity index (χ3v) is 4.38. The predicted molar refractivity (Wildman–Crippen MR) is 90.0 cm³/mol. The van der Waals surface area contributed by atoms with Gasteiger partial charge in [-0.05, 0) is 42.3 Å². The van der Waals surface area contributed by atoms with Crippen LogP contribution in [0.25, 0.3) is 0 Å². The highest BCUT2D eigenvalue weighted by Gasteiger charge is 2.08. The van der Waals surface area contributed by atoms with E-state index in [0.717, 1.165) is 5.56 Å². The molecular weight excluding hydrogens is 338 g/mol. The molecule has 2 amide bonds. The molecule has 2 aromatic carbocycles. The first kappa shape index (κ1) is 17.3. The Morgan fingerprint density at radius 2 is 1.74 bits per heavy atom. The van der Waals surface area contributed by atoms with E-state index in [1.165, 1.54) is 24.3 Å². The van der Waals surface area contributed by atoms with Crippen LogP contribution in [0.3, 0.4) is 0 Å². The maximum atomic E-state index is 11.8. The molecule has 0 aliphatic carbocycles. The second kappa shape index (κ2) is 7.45.